The summed E-state index contributed by atoms with van der Waals surface area (Å²) in [6, 6.07) is 10.2. The third-order valence-electron chi connectivity index (χ3n) is 2.90. The van der Waals surface area contributed by atoms with Crippen LogP contribution in [0.25, 0.3) is 0 Å². The molecule has 0 saturated carbocycles. The molecule has 0 unspecified atom stereocenters. The van der Waals surface area contributed by atoms with E-state index in [1.165, 1.54) is 13.0 Å². The Bertz CT molecular complexity index is 754. The molecule has 1 N–H and O–H groups in total. The number of nitrogens with one attached hydrogen (secondary N) is 1. The predicted octanol–water partition coefficient (Wildman–Crippen LogP) is 4.43. The average molecular weight is 401 g/mol. The first kappa shape index (κ1) is 17.4. The highest BCUT2D eigenvalue weighted by Crippen LogP contribution is 2.20. The Morgan fingerprint density at radius 2 is 2.00 bits per heavy atom. The molecule has 120 valence electrons. The minimum Gasteiger partial charge on any atom is -0.449 e. The van der Waals surface area contributed by atoms with Crippen LogP contribution in [0, 0.1) is 5.82 Å². The van der Waals surface area contributed by atoms with Crippen LogP contribution in [0.3, 0.4) is 0 Å². The Hall–Kier alpha value is -1.92. The van der Waals surface area contributed by atoms with Gasteiger partial charge in [0.25, 0.3) is 5.91 Å². The molecule has 23 heavy (non-hydrogen) atoms. The molecule has 0 saturated heterocycles. The van der Waals surface area contributed by atoms with E-state index in [1.807, 2.05) is 0 Å². The molecule has 7 heteroatoms. The summed E-state index contributed by atoms with van der Waals surface area (Å²) in [5, 5.41) is 3.07. The van der Waals surface area contributed by atoms with Crippen molar-refractivity contribution in [3.8, 4) is 0 Å². The molecule has 0 aliphatic carbocycles. The molecular formula is C16H12BrClFNO3. The number of ether oxygens (including phenoxy) is 1. The van der Waals surface area contributed by atoms with E-state index in [1.54, 1.807) is 24.3 Å². The van der Waals surface area contributed by atoms with Gasteiger partial charge in [-0.2, -0.15) is 0 Å². The quantitative estimate of drug-likeness (QED) is 0.773. The van der Waals surface area contributed by atoms with Gasteiger partial charge in [-0.1, -0.05) is 17.7 Å². The van der Waals surface area contributed by atoms with Crippen LogP contribution in [0.15, 0.2) is 46.9 Å². The molecule has 0 radical (unpaired) electrons. The van der Waals surface area contributed by atoms with E-state index in [2.05, 4.69) is 21.2 Å². The van der Waals surface area contributed by atoms with Crippen LogP contribution in [0.4, 0.5) is 10.1 Å². The third kappa shape index (κ3) is 4.77. The van der Waals surface area contributed by atoms with Crippen LogP contribution in [0.5, 0.6) is 0 Å². The molecule has 0 heterocycles. The van der Waals surface area contributed by atoms with E-state index in [4.69, 9.17) is 16.3 Å². The number of hydrogen-bond donors (Lipinski definition) is 1. The van der Waals surface area contributed by atoms with Crippen LogP contribution in [-0.2, 0) is 9.53 Å². The van der Waals surface area contributed by atoms with E-state index < -0.39 is 23.8 Å². The molecule has 2 aromatic carbocycles. The van der Waals surface area contributed by atoms with Gasteiger partial charge in [0.1, 0.15) is 5.82 Å². The largest absolute Gasteiger partial charge is 0.449 e. The van der Waals surface area contributed by atoms with Gasteiger partial charge in [0.15, 0.2) is 6.10 Å². The van der Waals surface area contributed by atoms with Gasteiger partial charge in [0, 0.05) is 15.2 Å². The number of carbonyl (C=O) groups is 2. The van der Waals surface area contributed by atoms with Crippen molar-refractivity contribution in [1.82, 2.24) is 0 Å². The first-order valence-corrected chi connectivity index (χ1v) is 7.76. The zero-order chi connectivity index (χ0) is 17.0. The first-order chi connectivity index (χ1) is 10.9. The summed E-state index contributed by atoms with van der Waals surface area (Å²) in [4.78, 5) is 24.0. The minimum atomic E-state index is -1.03. The van der Waals surface area contributed by atoms with Crippen LogP contribution in [0.2, 0.25) is 5.02 Å². The van der Waals surface area contributed by atoms with Crippen LogP contribution < -0.4 is 5.32 Å². The Labute approximate surface area is 145 Å². The van der Waals surface area contributed by atoms with Gasteiger partial charge < -0.3 is 10.1 Å². The number of rotatable bonds is 4. The van der Waals surface area contributed by atoms with Gasteiger partial charge in [-0.05, 0) is 59.3 Å². The Kier molecular flexibility index (Phi) is 5.74. The molecule has 2 rings (SSSR count). The number of carbonyl (C=O) groups excluding carboxylic acids is 2. The van der Waals surface area contributed by atoms with Gasteiger partial charge in [-0.15, -0.1) is 0 Å². The summed E-state index contributed by atoms with van der Waals surface area (Å²) in [5.41, 5.74) is 0.627. The second kappa shape index (κ2) is 7.57. The Balaban J connectivity index is 2.01. The molecule has 0 spiro atoms. The third-order valence-corrected chi connectivity index (χ3v) is 3.79. The highest BCUT2D eigenvalue weighted by Gasteiger charge is 2.20. The second-order valence-electron chi connectivity index (χ2n) is 4.67. The zero-order valence-corrected chi connectivity index (χ0v) is 14.3. The van der Waals surface area contributed by atoms with E-state index in [0.29, 0.717) is 10.7 Å². The minimum absolute atomic E-state index is 0.133. The standard InChI is InChI=1S/C16H12BrClFNO3/c1-9(15(21)20-12-4-2-3-10(18)7-12)23-16(22)13-6-5-11(19)8-14(13)17/h2-9H,1H3,(H,20,21)/t9-/m0/s1. The predicted molar refractivity (Wildman–Crippen MR) is 89.1 cm³/mol. The molecule has 0 aliphatic heterocycles. The van der Waals surface area contributed by atoms with Crippen LogP contribution >= 0.6 is 27.5 Å². The fourth-order valence-electron chi connectivity index (χ4n) is 1.74. The fraction of sp³-hybridized carbons (Fsp3) is 0.125. The van der Waals surface area contributed by atoms with E-state index in [0.717, 1.165) is 12.1 Å². The monoisotopic (exact) mass is 399 g/mol. The van der Waals surface area contributed by atoms with Gasteiger partial charge in [-0.25, -0.2) is 9.18 Å². The van der Waals surface area contributed by atoms with Gasteiger partial charge >= 0.3 is 5.97 Å². The highest BCUT2D eigenvalue weighted by molar-refractivity contribution is 9.10. The van der Waals surface area contributed by atoms with Gasteiger partial charge in [0.05, 0.1) is 5.56 Å². The van der Waals surface area contributed by atoms with E-state index >= 15 is 0 Å². The van der Waals surface area contributed by atoms with Crippen molar-refractivity contribution >= 4 is 45.1 Å². The van der Waals surface area contributed by atoms with Crippen molar-refractivity contribution in [2.45, 2.75) is 13.0 Å². The van der Waals surface area contributed by atoms with Crippen molar-refractivity contribution < 1.29 is 18.7 Å². The van der Waals surface area contributed by atoms with Crippen molar-refractivity contribution in [3.63, 3.8) is 0 Å². The van der Waals surface area contributed by atoms with Crippen LogP contribution in [0.1, 0.15) is 17.3 Å². The van der Waals surface area contributed by atoms with E-state index in [-0.39, 0.29) is 10.0 Å². The summed E-state index contributed by atoms with van der Waals surface area (Å²) in [7, 11) is 0. The number of hydrogen-bond acceptors (Lipinski definition) is 3. The maximum absolute atomic E-state index is 13.0. The lowest BCUT2D eigenvalue weighted by atomic mass is 10.2. The number of benzene rings is 2. The Morgan fingerprint density at radius 1 is 1.26 bits per heavy atom. The van der Waals surface area contributed by atoms with Gasteiger partial charge in [-0.3, -0.25) is 4.79 Å². The van der Waals surface area contributed by atoms with Crippen molar-refractivity contribution in [2.75, 3.05) is 5.32 Å². The number of amides is 1. The van der Waals surface area contributed by atoms with Crippen molar-refractivity contribution in [2.24, 2.45) is 0 Å². The summed E-state index contributed by atoms with van der Waals surface area (Å²) in [6.45, 7) is 1.44. The lowest BCUT2D eigenvalue weighted by molar-refractivity contribution is -0.123. The number of esters is 1. The molecular weight excluding hydrogens is 389 g/mol. The summed E-state index contributed by atoms with van der Waals surface area (Å²) in [6.07, 6.45) is -1.03. The first-order valence-electron chi connectivity index (χ1n) is 6.59. The smallest absolute Gasteiger partial charge is 0.340 e. The number of halogens is 3. The highest BCUT2D eigenvalue weighted by atomic mass is 79.9. The number of anilines is 1. The summed E-state index contributed by atoms with van der Waals surface area (Å²) < 4.78 is 18.4. The molecule has 0 aromatic heterocycles. The van der Waals surface area contributed by atoms with Crippen molar-refractivity contribution in [1.29, 1.82) is 0 Å². The summed E-state index contributed by atoms with van der Waals surface area (Å²) in [5.74, 6) is -1.72. The second-order valence-corrected chi connectivity index (χ2v) is 5.96. The molecule has 1 atom stereocenters. The van der Waals surface area contributed by atoms with Crippen molar-refractivity contribution in [3.05, 3.63) is 63.3 Å². The molecule has 0 aliphatic rings. The topological polar surface area (TPSA) is 55.4 Å². The average Bonchev–Trinajstić information content (AvgIpc) is 2.46. The normalized spacial score (nSPS) is 11.7. The molecule has 0 bridgehead atoms. The van der Waals surface area contributed by atoms with Crippen LogP contribution in [-0.4, -0.2) is 18.0 Å². The fourth-order valence-corrected chi connectivity index (χ4v) is 2.45. The SMILES string of the molecule is C[C@H](OC(=O)c1ccc(F)cc1Br)C(=O)Nc1cccc(Cl)c1. The maximum Gasteiger partial charge on any atom is 0.340 e. The Morgan fingerprint density at radius 3 is 2.65 bits per heavy atom. The summed E-state index contributed by atoms with van der Waals surface area (Å²) >= 11 is 8.91. The lowest BCUT2D eigenvalue weighted by Gasteiger charge is -2.14. The molecule has 2 aromatic rings. The molecule has 1 amide bonds. The molecule has 0 fully saturated rings. The lowest BCUT2D eigenvalue weighted by Crippen LogP contribution is -2.30. The molecule has 4 nitrogen and oxygen atoms in total. The maximum atomic E-state index is 13.0. The van der Waals surface area contributed by atoms with E-state index in [9.17, 15) is 14.0 Å². The van der Waals surface area contributed by atoms with Gasteiger partial charge in [0.2, 0.25) is 0 Å². The zero-order valence-electron chi connectivity index (χ0n) is 12.0.